The summed E-state index contributed by atoms with van der Waals surface area (Å²) in [7, 11) is 1.59. The molecule has 1 saturated heterocycles. The lowest BCUT2D eigenvalue weighted by Gasteiger charge is -2.47. The maximum Gasteiger partial charge on any atom is 0.186 e. The Morgan fingerprint density at radius 1 is 0.649 bits per heavy atom. The average molecular weight is 507 g/mol. The monoisotopic (exact) mass is 506 g/mol. The second-order valence-electron chi connectivity index (χ2n) is 9.72. The first-order chi connectivity index (χ1) is 18.1. The van der Waals surface area contributed by atoms with Gasteiger partial charge in [0.15, 0.2) is 6.29 Å². The lowest BCUT2D eigenvalue weighted by Crippen LogP contribution is -2.63. The smallest absolute Gasteiger partial charge is 0.186 e. The van der Waals surface area contributed by atoms with E-state index in [0.29, 0.717) is 19.8 Å². The minimum absolute atomic E-state index is 0.0538. The maximum absolute atomic E-state index is 11.2. The standard InChI is InChI=1S/C31H38O6/c1-22(2)26(32)27-28(34-19-23-13-7-4-8-14-23)29(35-20-24-15-9-5-10-16-24)30(31(33-3)37-27)36-21-25-17-11-6-12-18-25/h4-18,22,26-32H,19-21H2,1-3H3/t26-,27-,28-,29+,30-,31+/m1/s1. The van der Waals surface area contributed by atoms with Gasteiger partial charge in [0.1, 0.15) is 24.4 Å². The molecule has 0 aliphatic carbocycles. The molecule has 0 aromatic heterocycles. The first-order valence-electron chi connectivity index (χ1n) is 12.9. The van der Waals surface area contributed by atoms with E-state index in [1.165, 1.54) is 0 Å². The molecular weight excluding hydrogens is 468 g/mol. The summed E-state index contributed by atoms with van der Waals surface area (Å²) in [6.45, 7) is 5.00. The summed E-state index contributed by atoms with van der Waals surface area (Å²) in [6.07, 6.45) is -3.90. The van der Waals surface area contributed by atoms with Gasteiger partial charge in [-0.3, -0.25) is 0 Å². The van der Waals surface area contributed by atoms with Gasteiger partial charge in [-0.15, -0.1) is 0 Å². The minimum Gasteiger partial charge on any atom is -0.390 e. The van der Waals surface area contributed by atoms with Gasteiger partial charge in [-0.2, -0.15) is 0 Å². The number of aliphatic hydroxyl groups excluding tert-OH is 1. The van der Waals surface area contributed by atoms with E-state index in [0.717, 1.165) is 16.7 Å². The Bertz CT molecular complexity index is 1030. The van der Waals surface area contributed by atoms with Crippen LogP contribution in [0.25, 0.3) is 0 Å². The average Bonchev–Trinajstić information content (AvgIpc) is 2.94. The molecule has 0 amide bonds. The van der Waals surface area contributed by atoms with Gasteiger partial charge >= 0.3 is 0 Å². The Hall–Kier alpha value is -2.58. The highest BCUT2D eigenvalue weighted by Crippen LogP contribution is 2.33. The number of hydrogen-bond acceptors (Lipinski definition) is 6. The zero-order valence-corrected chi connectivity index (χ0v) is 21.8. The zero-order valence-electron chi connectivity index (χ0n) is 21.8. The molecule has 0 saturated carbocycles. The van der Waals surface area contributed by atoms with E-state index in [1.54, 1.807) is 7.11 Å². The van der Waals surface area contributed by atoms with Crippen LogP contribution in [0.4, 0.5) is 0 Å². The molecule has 1 aliphatic heterocycles. The van der Waals surface area contributed by atoms with Crippen molar-refractivity contribution in [3.05, 3.63) is 108 Å². The highest BCUT2D eigenvalue weighted by Gasteiger charge is 2.51. The van der Waals surface area contributed by atoms with Crippen LogP contribution in [0.2, 0.25) is 0 Å². The molecule has 1 aliphatic rings. The first-order valence-corrected chi connectivity index (χ1v) is 12.9. The molecule has 37 heavy (non-hydrogen) atoms. The van der Waals surface area contributed by atoms with Gasteiger partial charge in [0.2, 0.25) is 0 Å². The Labute approximate surface area is 220 Å². The minimum atomic E-state index is -0.781. The molecule has 6 atom stereocenters. The van der Waals surface area contributed by atoms with Crippen molar-refractivity contribution in [1.82, 2.24) is 0 Å². The number of ether oxygens (including phenoxy) is 5. The van der Waals surface area contributed by atoms with Crippen molar-refractivity contribution >= 4 is 0 Å². The summed E-state index contributed by atoms with van der Waals surface area (Å²) in [5.74, 6) is -0.0538. The Kier molecular flexibility index (Phi) is 10.3. The van der Waals surface area contributed by atoms with Crippen molar-refractivity contribution in [3.63, 3.8) is 0 Å². The van der Waals surface area contributed by atoms with Crippen LogP contribution in [0.1, 0.15) is 30.5 Å². The summed E-state index contributed by atoms with van der Waals surface area (Å²) in [6, 6.07) is 29.9. The molecule has 0 unspecified atom stereocenters. The lowest BCUT2D eigenvalue weighted by atomic mass is 9.90. The fourth-order valence-corrected chi connectivity index (χ4v) is 4.54. The maximum atomic E-state index is 11.2. The lowest BCUT2D eigenvalue weighted by molar-refractivity contribution is -0.331. The topological polar surface area (TPSA) is 66.4 Å². The van der Waals surface area contributed by atoms with E-state index >= 15 is 0 Å². The summed E-state index contributed by atoms with van der Waals surface area (Å²) in [4.78, 5) is 0. The molecule has 6 heteroatoms. The van der Waals surface area contributed by atoms with Crippen molar-refractivity contribution in [2.45, 2.75) is 70.5 Å². The summed E-state index contributed by atoms with van der Waals surface area (Å²) < 4.78 is 31.5. The van der Waals surface area contributed by atoms with Crippen LogP contribution >= 0.6 is 0 Å². The predicted molar refractivity (Wildman–Crippen MR) is 142 cm³/mol. The van der Waals surface area contributed by atoms with Crippen molar-refractivity contribution in [3.8, 4) is 0 Å². The van der Waals surface area contributed by atoms with E-state index in [4.69, 9.17) is 23.7 Å². The fourth-order valence-electron chi connectivity index (χ4n) is 4.54. The van der Waals surface area contributed by atoms with Gasteiger partial charge in [-0.25, -0.2) is 0 Å². The van der Waals surface area contributed by atoms with Gasteiger partial charge in [-0.05, 0) is 22.6 Å². The number of benzene rings is 3. The Morgan fingerprint density at radius 2 is 1.05 bits per heavy atom. The van der Waals surface area contributed by atoms with E-state index in [2.05, 4.69) is 0 Å². The predicted octanol–water partition coefficient (Wildman–Crippen LogP) is 5.13. The first kappa shape index (κ1) is 27.5. The molecule has 198 valence electrons. The summed E-state index contributed by atoms with van der Waals surface area (Å²) >= 11 is 0. The number of hydrogen-bond donors (Lipinski definition) is 1. The molecule has 0 bridgehead atoms. The number of methoxy groups -OCH3 is 1. The van der Waals surface area contributed by atoms with Crippen molar-refractivity contribution in [1.29, 1.82) is 0 Å². The second-order valence-corrected chi connectivity index (χ2v) is 9.72. The largest absolute Gasteiger partial charge is 0.390 e. The quantitative estimate of drug-likeness (QED) is 0.367. The molecule has 3 aromatic carbocycles. The van der Waals surface area contributed by atoms with Crippen molar-refractivity contribution in [2.75, 3.05) is 7.11 Å². The third kappa shape index (κ3) is 7.48. The summed E-state index contributed by atoms with van der Waals surface area (Å²) in [5, 5.41) is 11.2. The molecular formula is C31H38O6. The van der Waals surface area contributed by atoms with Crippen LogP contribution in [0.3, 0.4) is 0 Å². The Morgan fingerprint density at radius 3 is 1.46 bits per heavy atom. The molecule has 4 rings (SSSR count). The number of aliphatic hydroxyl groups is 1. The van der Waals surface area contributed by atoms with E-state index < -0.39 is 36.8 Å². The van der Waals surface area contributed by atoms with Crippen LogP contribution < -0.4 is 0 Å². The van der Waals surface area contributed by atoms with Gasteiger partial charge in [0.25, 0.3) is 0 Å². The molecule has 1 N–H and O–H groups in total. The van der Waals surface area contributed by atoms with Gasteiger partial charge in [-0.1, -0.05) is 105 Å². The van der Waals surface area contributed by atoms with Gasteiger partial charge in [0.05, 0.1) is 25.9 Å². The van der Waals surface area contributed by atoms with Gasteiger partial charge in [0, 0.05) is 7.11 Å². The SMILES string of the molecule is CO[C@H]1O[C@H]([C@H](O)C(C)C)[C@@H](OCc2ccccc2)[C@H](OCc2ccccc2)[C@H]1OCc1ccccc1. The second kappa shape index (κ2) is 13.8. The molecule has 0 spiro atoms. The normalized spacial score (nSPS) is 24.7. The van der Waals surface area contributed by atoms with Crippen LogP contribution in [-0.2, 0) is 43.5 Å². The van der Waals surface area contributed by atoms with Crippen LogP contribution in [0.15, 0.2) is 91.0 Å². The molecule has 0 radical (unpaired) electrons. The van der Waals surface area contributed by atoms with E-state index in [1.807, 2.05) is 105 Å². The van der Waals surface area contributed by atoms with Crippen molar-refractivity contribution in [2.24, 2.45) is 5.92 Å². The van der Waals surface area contributed by atoms with E-state index in [9.17, 15) is 5.11 Å². The third-order valence-electron chi connectivity index (χ3n) is 6.64. The molecule has 3 aromatic rings. The summed E-state index contributed by atoms with van der Waals surface area (Å²) in [5.41, 5.74) is 3.09. The molecule has 1 fully saturated rings. The zero-order chi connectivity index (χ0) is 26.0. The van der Waals surface area contributed by atoms with Crippen molar-refractivity contribution < 1.29 is 28.8 Å². The van der Waals surface area contributed by atoms with Crippen LogP contribution in [-0.4, -0.2) is 49.0 Å². The fraction of sp³-hybridized carbons (Fsp3) is 0.419. The number of rotatable bonds is 12. The Balaban J connectivity index is 1.63. The van der Waals surface area contributed by atoms with Crippen LogP contribution in [0, 0.1) is 5.92 Å². The van der Waals surface area contributed by atoms with Crippen LogP contribution in [0.5, 0.6) is 0 Å². The molecule has 6 nitrogen and oxygen atoms in total. The highest BCUT2D eigenvalue weighted by molar-refractivity contribution is 5.16. The molecule has 1 heterocycles. The third-order valence-corrected chi connectivity index (χ3v) is 6.64. The van der Waals surface area contributed by atoms with Gasteiger partial charge < -0.3 is 28.8 Å². The van der Waals surface area contributed by atoms with E-state index in [-0.39, 0.29) is 5.92 Å². The highest BCUT2D eigenvalue weighted by atomic mass is 16.7.